The minimum absolute atomic E-state index is 0.00267. The lowest BCUT2D eigenvalue weighted by atomic mass is 9.84. The number of ether oxygens (including phenoxy) is 2. The highest BCUT2D eigenvalue weighted by atomic mass is 32.3. The molecule has 1 saturated heterocycles. The molecule has 2 atom stereocenters. The van der Waals surface area contributed by atoms with Gasteiger partial charge in [0.2, 0.25) is 28.5 Å². The van der Waals surface area contributed by atoms with Gasteiger partial charge in [-0.3, -0.25) is 9.59 Å². The van der Waals surface area contributed by atoms with Crippen molar-refractivity contribution in [2.24, 2.45) is 12.2 Å². The Balaban J connectivity index is 1.23. The molecule has 1 aromatic carbocycles. The summed E-state index contributed by atoms with van der Waals surface area (Å²) in [7, 11) is -3.34. The van der Waals surface area contributed by atoms with Gasteiger partial charge in [-0.15, -0.1) is 26.2 Å². The molecule has 5 rings (SSSR count). The van der Waals surface area contributed by atoms with Crippen molar-refractivity contribution in [1.29, 1.82) is 0 Å². The fourth-order valence-electron chi connectivity index (χ4n) is 5.18. The van der Waals surface area contributed by atoms with Crippen molar-refractivity contribution >= 4 is 50.5 Å². The minimum atomic E-state index is -5.26. The van der Waals surface area contributed by atoms with E-state index in [1.807, 2.05) is 61.7 Å². The highest BCUT2D eigenvalue weighted by Gasteiger charge is 2.57. The first-order valence-corrected chi connectivity index (χ1v) is 18.8. The Hall–Kier alpha value is -5.72. The fourth-order valence-corrected chi connectivity index (χ4v) is 6.18. The van der Waals surface area contributed by atoms with Crippen LogP contribution in [0.5, 0.6) is 5.75 Å². The monoisotopic (exact) mass is 804 g/mol. The number of nitrogen functional groups attached to an aromatic ring is 1. The number of carbonyl (C=O) groups is 3. The molecule has 5 N–H and O–H groups in total. The van der Waals surface area contributed by atoms with Crippen LogP contribution in [0, 0.1) is 0 Å². The Labute approximate surface area is 318 Å². The Morgan fingerprint density at radius 2 is 1.95 bits per heavy atom. The van der Waals surface area contributed by atoms with Crippen LogP contribution in [0.1, 0.15) is 58.7 Å². The van der Waals surface area contributed by atoms with Gasteiger partial charge in [0.15, 0.2) is 17.9 Å². The molecule has 1 fully saturated rings. The van der Waals surface area contributed by atoms with Gasteiger partial charge >= 0.3 is 6.09 Å². The smallest absolute Gasteiger partial charge is 0.407 e. The maximum atomic E-state index is 13.5. The number of tetrazole rings is 1. The lowest BCUT2D eigenvalue weighted by molar-refractivity contribution is -0.753. The summed E-state index contributed by atoms with van der Waals surface area (Å²) in [6.07, 6.45) is 3.09. The summed E-state index contributed by atoms with van der Waals surface area (Å²) in [5.74, 6) is -1.43. The minimum Gasteiger partial charge on any atom is -0.724 e. The van der Waals surface area contributed by atoms with Gasteiger partial charge in [-0.25, -0.2) is 18.2 Å². The number of rotatable bonds is 16. The number of thiazole rings is 1. The number of oxime groups is 1. The Morgan fingerprint density at radius 1 is 1.22 bits per heavy atom. The molecule has 4 aromatic rings. The second-order valence-corrected chi connectivity index (χ2v) is 15.5. The molecule has 0 bridgehead atoms. The number of hydrogen-bond acceptors (Lipinski definition) is 17. The Kier molecular flexibility index (Phi) is 12.0. The maximum Gasteiger partial charge on any atom is 0.407 e. The summed E-state index contributed by atoms with van der Waals surface area (Å²) in [5.41, 5.74) is 5.27. The molecule has 55 heavy (non-hydrogen) atoms. The zero-order valence-corrected chi connectivity index (χ0v) is 32.2. The number of nitrogens with zero attached hydrogens (tertiary/aromatic N) is 8. The first-order chi connectivity index (χ1) is 25.8. The number of hydroxylamine groups is 2. The van der Waals surface area contributed by atoms with Crippen molar-refractivity contribution in [3.63, 3.8) is 0 Å². The number of anilines is 1. The van der Waals surface area contributed by atoms with Crippen LogP contribution in [0.3, 0.4) is 0 Å². The number of carbonyl (C=O) groups excluding carboxylic acids is 3. The van der Waals surface area contributed by atoms with Gasteiger partial charge in [0.05, 0.1) is 23.8 Å². The van der Waals surface area contributed by atoms with Gasteiger partial charge in [-0.2, -0.15) is 19.2 Å². The zero-order chi connectivity index (χ0) is 40.1. The van der Waals surface area contributed by atoms with E-state index in [4.69, 9.17) is 20.0 Å². The average Bonchev–Trinajstić information content (AvgIpc) is 3.87. The van der Waals surface area contributed by atoms with Crippen molar-refractivity contribution in [2.75, 3.05) is 18.9 Å². The molecule has 296 valence electrons. The number of benzene rings is 1. The predicted octanol–water partition coefficient (Wildman–Crippen LogP) is 0.485. The third kappa shape index (κ3) is 10.5. The van der Waals surface area contributed by atoms with E-state index in [1.165, 1.54) is 19.2 Å². The van der Waals surface area contributed by atoms with Crippen molar-refractivity contribution < 1.29 is 50.6 Å². The lowest BCUT2D eigenvalue weighted by Crippen LogP contribution is -2.76. The number of H-pyrrole nitrogens is 1. The molecule has 3 aromatic heterocycles. The third-order valence-corrected chi connectivity index (χ3v) is 8.86. The number of aromatic amines is 1. The maximum absolute atomic E-state index is 13.5. The largest absolute Gasteiger partial charge is 0.724 e. The fraction of sp³-hybridized carbons (Fsp3) is 0.452. The van der Waals surface area contributed by atoms with Crippen molar-refractivity contribution in [1.82, 2.24) is 46.0 Å². The van der Waals surface area contributed by atoms with E-state index >= 15 is 0 Å². The lowest BCUT2D eigenvalue weighted by Gasteiger charge is -2.51. The van der Waals surface area contributed by atoms with Gasteiger partial charge in [0.25, 0.3) is 11.8 Å². The normalized spacial score (nSPS) is 16.3. The molecule has 1 aliphatic heterocycles. The van der Waals surface area contributed by atoms with Crippen LogP contribution >= 0.6 is 11.3 Å². The highest BCUT2D eigenvalue weighted by molar-refractivity contribution is 7.80. The Morgan fingerprint density at radius 3 is 2.55 bits per heavy atom. The zero-order valence-electron chi connectivity index (χ0n) is 30.6. The highest BCUT2D eigenvalue weighted by Crippen LogP contribution is 2.33. The quantitative estimate of drug-likeness (QED) is 0.0228. The summed E-state index contributed by atoms with van der Waals surface area (Å²) in [6, 6.07) is 5.95. The molecule has 22 nitrogen and oxygen atoms in total. The molecule has 4 heterocycles. The van der Waals surface area contributed by atoms with Crippen LogP contribution in [0.4, 0.5) is 9.93 Å². The molecule has 3 amide bonds. The standard InChI is InChI=1S/C31H40N12O10S2/c1-30(2,3)51-29(46)33-12-7-13-42-15-19(14-41(42)6)18-8-10-20(11-9-18)50-16-22(25-36-39-40-37-25)52-38-23(21-17-54-28(32)34-21)26(44)35-24-27(45)43(31(24,4)5)53-55(47,48)49/h8-11,14-15,17,22,24H,7,12-13,16H2,1-6H3,(H5-,32,33,34,35,36,37,39,40,44,46,47,48,49)/b38-23-/t22?,24-/m1/s1. The summed E-state index contributed by atoms with van der Waals surface area (Å²) in [5, 5.41) is 24.9. The van der Waals surface area contributed by atoms with Crippen LogP contribution < -0.4 is 25.8 Å². The van der Waals surface area contributed by atoms with Crippen LogP contribution in [-0.2, 0) is 47.4 Å². The van der Waals surface area contributed by atoms with Crippen LogP contribution in [0.2, 0.25) is 0 Å². The van der Waals surface area contributed by atoms with Crippen LogP contribution in [-0.4, -0.2) is 102 Å². The topological polar surface area (TPSA) is 287 Å². The number of aromatic nitrogens is 7. The number of nitrogens with two attached hydrogens (primary N) is 1. The van der Waals surface area contributed by atoms with E-state index in [1.54, 1.807) is 12.1 Å². The summed E-state index contributed by atoms with van der Waals surface area (Å²) in [6.45, 7) is 9.10. The number of alkyl carbamates (subject to hydrolysis) is 1. The van der Waals surface area contributed by atoms with Crippen molar-refractivity contribution in [3.8, 4) is 16.9 Å². The molecule has 1 unspecified atom stereocenters. The third-order valence-electron chi connectivity index (χ3n) is 7.86. The van der Waals surface area contributed by atoms with Gasteiger partial charge in [-0.1, -0.05) is 22.5 Å². The number of amides is 3. The van der Waals surface area contributed by atoms with E-state index in [2.05, 4.69) is 45.7 Å². The van der Waals surface area contributed by atoms with E-state index in [-0.39, 0.29) is 23.3 Å². The molecule has 1 aliphatic rings. The number of hydrogen-bond donors (Lipinski definition) is 4. The predicted molar refractivity (Wildman–Crippen MR) is 190 cm³/mol. The Bertz CT molecular complexity index is 2130. The van der Waals surface area contributed by atoms with E-state index in [0.29, 0.717) is 30.3 Å². The first kappa shape index (κ1) is 40.5. The van der Waals surface area contributed by atoms with Crippen LogP contribution in [0.25, 0.3) is 11.1 Å². The molecule has 0 radical (unpaired) electrons. The molecular weight excluding hydrogens is 765 g/mol. The van der Waals surface area contributed by atoms with Gasteiger partial charge < -0.3 is 35.2 Å². The van der Waals surface area contributed by atoms with E-state index < -0.39 is 57.3 Å². The summed E-state index contributed by atoms with van der Waals surface area (Å²) >= 11 is 1.01. The molecule has 0 saturated carbocycles. The SMILES string of the molecule is C[n+]1cc(-c2ccc(OCC(O/N=C(\C(=O)N[C@@H]3C(=O)N(OS(=O)(=O)[O-])C3(C)C)c3csc(N)n3)c3nn[nH]n3)cc2)cn1CCCNC(=O)OC(C)(C)C. The summed E-state index contributed by atoms with van der Waals surface area (Å²) < 4.78 is 52.7. The number of nitrogens with one attached hydrogen (secondary N) is 3. The average molecular weight is 805 g/mol. The van der Waals surface area contributed by atoms with Gasteiger partial charge in [0, 0.05) is 11.9 Å². The molecular formula is C31H40N12O10S2. The van der Waals surface area contributed by atoms with Gasteiger partial charge in [0.1, 0.15) is 29.7 Å². The van der Waals surface area contributed by atoms with Crippen LogP contribution in [0.15, 0.2) is 47.2 Å². The molecule has 24 heteroatoms. The second kappa shape index (κ2) is 16.3. The van der Waals surface area contributed by atoms with E-state index in [9.17, 15) is 27.4 Å². The molecule has 0 aliphatic carbocycles. The summed E-state index contributed by atoms with van der Waals surface area (Å²) in [4.78, 5) is 47.8. The van der Waals surface area contributed by atoms with Crippen molar-refractivity contribution in [2.45, 2.75) is 70.9 Å². The number of aryl methyl sites for hydroxylation is 2. The number of β-lactam (4-membered cyclic amide) rings is 1. The first-order valence-electron chi connectivity index (χ1n) is 16.6. The van der Waals surface area contributed by atoms with Gasteiger partial charge in [-0.05, 0) is 58.7 Å². The van der Waals surface area contributed by atoms with E-state index in [0.717, 1.165) is 22.5 Å². The van der Waals surface area contributed by atoms with Crippen molar-refractivity contribution in [3.05, 3.63) is 53.6 Å². The molecule has 0 spiro atoms. The second-order valence-electron chi connectivity index (χ2n) is 13.6.